The Morgan fingerprint density at radius 2 is 2.08 bits per heavy atom. The van der Waals surface area contributed by atoms with Gasteiger partial charge in [0.25, 0.3) is 5.91 Å². The molecule has 0 aliphatic carbocycles. The lowest BCUT2D eigenvalue weighted by Crippen LogP contribution is -2.38. The van der Waals surface area contributed by atoms with Crippen molar-refractivity contribution in [2.24, 2.45) is 0 Å². The summed E-state index contributed by atoms with van der Waals surface area (Å²) in [5.74, 6) is 0.612. The van der Waals surface area contributed by atoms with E-state index in [1.165, 1.54) is 10.4 Å². The minimum atomic E-state index is -0.00837. The van der Waals surface area contributed by atoms with E-state index in [2.05, 4.69) is 26.3 Å². The number of carbonyl (C=O) groups is 1. The number of ether oxygens (including phenoxy) is 1. The van der Waals surface area contributed by atoms with Crippen molar-refractivity contribution in [3.63, 3.8) is 0 Å². The van der Waals surface area contributed by atoms with Crippen molar-refractivity contribution < 1.29 is 9.53 Å². The zero-order valence-corrected chi connectivity index (χ0v) is 14.3. The lowest BCUT2D eigenvalue weighted by atomic mass is 10.2. The fourth-order valence-electron chi connectivity index (χ4n) is 3.16. The number of aromatic nitrogens is 2. The molecular weight excluding hydrogens is 324 g/mol. The van der Waals surface area contributed by atoms with Gasteiger partial charge in [-0.25, -0.2) is 9.97 Å². The monoisotopic (exact) mass is 344 g/mol. The van der Waals surface area contributed by atoms with Crippen LogP contribution in [0.3, 0.4) is 0 Å². The van der Waals surface area contributed by atoms with E-state index in [9.17, 15) is 4.79 Å². The number of thiophene rings is 1. The highest BCUT2D eigenvalue weighted by molar-refractivity contribution is 7.10. The van der Waals surface area contributed by atoms with Crippen molar-refractivity contribution in [2.75, 3.05) is 37.7 Å². The third kappa shape index (κ3) is 3.14. The Morgan fingerprint density at radius 3 is 2.96 bits per heavy atom. The van der Waals surface area contributed by atoms with Crippen LogP contribution in [0.15, 0.2) is 23.7 Å². The van der Waals surface area contributed by atoms with Crippen molar-refractivity contribution in [2.45, 2.75) is 19.4 Å². The number of rotatable bonds is 2. The lowest BCUT2D eigenvalue weighted by molar-refractivity contribution is 0.0739. The number of nitrogens with zero attached hydrogens (tertiary/aromatic N) is 4. The van der Waals surface area contributed by atoms with Crippen molar-refractivity contribution in [3.8, 4) is 0 Å². The van der Waals surface area contributed by atoms with Gasteiger partial charge in [0, 0.05) is 37.3 Å². The van der Waals surface area contributed by atoms with E-state index in [-0.39, 0.29) is 5.91 Å². The fraction of sp³-hybridized carbons (Fsp3) is 0.471. The Labute approximate surface area is 145 Å². The van der Waals surface area contributed by atoms with Crippen LogP contribution in [0.4, 0.5) is 5.95 Å². The first-order valence-corrected chi connectivity index (χ1v) is 9.19. The number of fused-ring (bicyclic) bond motifs is 1. The molecule has 0 N–H and O–H groups in total. The van der Waals surface area contributed by atoms with Crippen molar-refractivity contribution in [1.82, 2.24) is 14.9 Å². The first kappa shape index (κ1) is 15.5. The van der Waals surface area contributed by atoms with E-state index in [1.807, 2.05) is 4.90 Å². The Bertz CT molecular complexity index is 727. The Kier molecular flexibility index (Phi) is 4.44. The summed E-state index contributed by atoms with van der Waals surface area (Å²) in [6.07, 6.45) is 3.74. The van der Waals surface area contributed by atoms with Crippen molar-refractivity contribution >= 4 is 23.2 Å². The highest BCUT2D eigenvalue weighted by Crippen LogP contribution is 2.24. The molecule has 2 aromatic rings. The summed E-state index contributed by atoms with van der Waals surface area (Å²) < 4.78 is 5.36. The SMILES string of the molecule is O=C(c1ccnc(N2CCOCC2)n1)N1CCCc2sccc2C1. The molecule has 7 heteroatoms. The minimum Gasteiger partial charge on any atom is -0.378 e. The van der Waals surface area contributed by atoms with Gasteiger partial charge in [0.2, 0.25) is 5.95 Å². The molecule has 2 aliphatic rings. The van der Waals surface area contributed by atoms with Crippen LogP contribution in [-0.2, 0) is 17.7 Å². The number of hydrogen-bond acceptors (Lipinski definition) is 6. The van der Waals surface area contributed by atoms with E-state index in [0.717, 1.165) is 32.5 Å². The summed E-state index contributed by atoms with van der Waals surface area (Å²) >= 11 is 1.79. The van der Waals surface area contributed by atoms with Gasteiger partial charge in [-0.2, -0.15) is 0 Å². The molecule has 24 heavy (non-hydrogen) atoms. The van der Waals surface area contributed by atoms with Crippen LogP contribution < -0.4 is 4.90 Å². The molecule has 0 aromatic carbocycles. The second-order valence-corrected chi connectivity index (χ2v) is 7.04. The van der Waals surface area contributed by atoms with Gasteiger partial charge in [0.1, 0.15) is 5.69 Å². The Morgan fingerprint density at radius 1 is 1.21 bits per heavy atom. The minimum absolute atomic E-state index is 0.00837. The van der Waals surface area contributed by atoms with Crippen LogP contribution in [0, 0.1) is 0 Å². The van der Waals surface area contributed by atoms with Gasteiger partial charge in [0.05, 0.1) is 13.2 Å². The lowest BCUT2D eigenvalue weighted by Gasteiger charge is -2.27. The molecule has 4 heterocycles. The second-order valence-electron chi connectivity index (χ2n) is 6.04. The van der Waals surface area contributed by atoms with Gasteiger partial charge >= 0.3 is 0 Å². The van der Waals surface area contributed by atoms with E-state index in [4.69, 9.17) is 4.74 Å². The third-order valence-electron chi connectivity index (χ3n) is 4.47. The standard InChI is InChI=1S/C17H20N4O2S/c22-16(21-6-1-2-15-13(12-21)4-11-24-15)14-3-5-18-17(19-14)20-7-9-23-10-8-20/h3-5,11H,1-2,6-10,12H2. The maximum absolute atomic E-state index is 12.9. The van der Waals surface area contributed by atoms with Gasteiger partial charge in [-0.3, -0.25) is 4.79 Å². The van der Waals surface area contributed by atoms with E-state index < -0.39 is 0 Å². The van der Waals surface area contributed by atoms with Crippen molar-refractivity contribution in [1.29, 1.82) is 0 Å². The smallest absolute Gasteiger partial charge is 0.272 e. The van der Waals surface area contributed by atoms with E-state index in [1.54, 1.807) is 23.6 Å². The summed E-state index contributed by atoms with van der Waals surface area (Å²) in [4.78, 5) is 27.1. The molecule has 0 unspecified atom stereocenters. The summed E-state index contributed by atoms with van der Waals surface area (Å²) in [5.41, 5.74) is 1.75. The fourth-order valence-corrected chi connectivity index (χ4v) is 4.10. The molecule has 1 fully saturated rings. The molecular formula is C17H20N4O2S. The van der Waals surface area contributed by atoms with Crippen LogP contribution in [0.2, 0.25) is 0 Å². The molecule has 0 radical (unpaired) electrons. The third-order valence-corrected chi connectivity index (χ3v) is 5.50. The molecule has 4 rings (SSSR count). The number of carbonyl (C=O) groups excluding carboxylic acids is 1. The maximum atomic E-state index is 12.9. The molecule has 0 atom stereocenters. The van der Waals surface area contributed by atoms with Crippen molar-refractivity contribution in [3.05, 3.63) is 39.8 Å². The average molecular weight is 344 g/mol. The summed E-state index contributed by atoms with van der Waals surface area (Å²) in [6.45, 7) is 4.33. The Hall–Kier alpha value is -1.99. The largest absolute Gasteiger partial charge is 0.378 e. The number of morpholine rings is 1. The predicted molar refractivity (Wildman–Crippen MR) is 92.4 cm³/mol. The van der Waals surface area contributed by atoms with Gasteiger partial charge < -0.3 is 14.5 Å². The number of aryl methyl sites for hydroxylation is 1. The van der Waals surface area contributed by atoms with Crippen LogP contribution >= 0.6 is 11.3 Å². The highest BCUT2D eigenvalue weighted by Gasteiger charge is 2.23. The van der Waals surface area contributed by atoms with Crippen LogP contribution in [0.1, 0.15) is 27.3 Å². The molecule has 126 valence electrons. The number of amides is 1. The zero-order valence-electron chi connectivity index (χ0n) is 13.5. The number of hydrogen-bond donors (Lipinski definition) is 0. The predicted octanol–water partition coefficient (Wildman–Crippen LogP) is 1.96. The number of anilines is 1. The van der Waals surface area contributed by atoms with Crippen LogP contribution in [0.25, 0.3) is 0 Å². The summed E-state index contributed by atoms with van der Waals surface area (Å²) in [7, 11) is 0. The summed E-state index contributed by atoms with van der Waals surface area (Å²) in [6, 6.07) is 3.84. The Balaban J connectivity index is 1.53. The summed E-state index contributed by atoms with van der Waals surface area (Å²) in [5, 5.41) is 2.11. The van der Waals surface area contributed by atoms with Gasteiger partial charge in [-0.15, -0.1) is 11.3 Å². The van der Waals surface area contributed by atoms with Gasteiger partial charge in [0.15, 0.2) is 0 Å². The van der Waals surface area contributed by atoms with Crippen LogP contribution in [0.5, 0.6) is 0 Å². The molecule has 1 amide bonds. The van der Waals surface area contributed by atoms with Crippen LogP contribution in [-0.4, -0.2) is 53.6 Å². The highest BCUT2D eigenvalue weighted by atomic mass is 32.1. The molecule has 1 saturated heterocycles. The molecule has 0 saturated carbocycles. The first-order chi connectivity index (χ1) is 11.8. The maximum Gasteiger partial charge on any atom is 0.272 e. The topological polar surface area (TPSA) is 58.6 Å². The first-order valence-electron chi connectivity index (χ1n) is 8.31. The van der Waals surface area contributed by atoms with E-state index >= 15 is 0 Å². The molecule has 6 nitrogen and oxygen atoms in total. The molecule has 0 spiro atoms. The van der Waals surface area contributed by atoms with E-state index in [0.29, 0.717) is 31.4 Å². The normalized spacial score (nSPS) is 18.2. The zero-order chi connectivity index (χ0) is 16.4. The van der Waals surface area contributed by atoms with Gasteiger partial charge in [-0.1, -0.05) is 0 Å². The molecule has 2 aliphatic heterocycles. The van der Waals surface area contributed by atoms with Gasteiger partial charge in [-0.05, 0) is 35.9 Å². The quantitative estimate of drug-likeness (QED) is 0.834. The molecule has 0 bridgehead atoms. The average Bonchev–Trinajstić information content (AvgIpc) is 2.99. The molecule has 2 aromatic heterocycles. The second kappa shape index (κ2) is 6.86.